The van der Waals surface area contributed by atoms with Crippen LogP contribution in [0.3, 0.4) is 0 Å². The summed E-state index contributed by atoms with van der Waals surface area (Å²) in [5, 5.41) is 10.0. The van der Waals surface area contributed by atoms with Crippen LogP contribution < -0.4 is 16.0 Å². The Labute approximate surface area is 170 Å². The van der Waals surface area contributed by atoms with E-state index in [2.05, 4.69) is 32.4 Å². The van der Waals surface area contributed by atoms with Gasteiger partial charge in [-0.2, -0.15) is 5.10 Å². The molecule has 1 aliphatic heterocycles. The number of hydrogen-bond acceptors (Lipinski definition) is 5. The number of aromatic amines is 1. The van der Waals surface area contributed by atoms with Crippen molar-refractivity contribution in [2.24, 2.45) is 5.73 Å². The summed E-state index contributed by atoms with van der Waals surface area (Å²) in [4.78, 5) is 17.2. The van der Waals surface area contributed by atoms with Gasteiger partial charge >= 0.3 is 0 Å². The molecule has 4 N–H and O–H groups in total. The van der Waals surface area contributed by atoms with Crippen LogP contribution >= 0.6 is 0 Å². The third-order valence-corrected chi connectivity index (χ3v) is 5.32. The van der Waals surface area contributed by atoms with E-state index in [1.807, 2.05) is 54.6 Å². The fraction of sp³-hybridized carbons (Fsp3) is 0.273. The van der Waals surface area contributed by atoms with Crippen LogP contribution in [0.25, 0.3) is 11.3 Å². The third kappa shape index (κ3) is 4.47. The monoisotopic (exact) mass is 390 g/mol. The van der Waals surface area contributed by atoms with Crippen molar-refractivity contribution < 1.29 is 4.79 Å². The Morgan fingerprint density at radius 3 is 2.41 bits per heavy atom. The molecule has 1 fully saturated rings. The van der Waals surface area contributed by atoms with Gasteiger partial charge in [-0.25, -0.2) is 0 Å². The van der Waals surface area contributed by atoms with Crippen LogP contribution in [0.2, 0.25) is 0 Å². The number of H-pyrrole nitrogens is 1. The number of nitrogens with zero attached hydrogens (tertiary/aromatic N) is 3. The number of nitrogens with two attached hydrogens (primary N) is 1. The number of rotatable bonds is 5. The van der Waals surface area contributed by atoms with Gasteiger partial charge in [0, 0.05) is 50.0 Å². The second-order valence-corrected chi connectivity index (χ2v) is 7.36. The maximum atomic E-state index is 12.6. The van der Waals surface area contributed by atoms with Crippen molar-refractivity contribution in [1.82, 2.24) is 15.1 Å². The summed E-state index contributed by atoms with van der Waals surface area (Å²) in [6, 6.07) is 17.5. The molecule has 150 valence electrons. The van der Waals surface area contributed by atoms with Gasteiger partial charge < -0.3 is 20.9 Å². The Balaban J connectivity index is 1.39. The molecule has 1 aromatic heterocycles. The molecule has 1 aliphatic rings. The average molecular weight is 390 g/mol. The number of amides is 1. The van der Waals surface area contributed by atoms with Gasteiger partial charge in [-0.05, 0) is 42.4 Å². The molecule has 0 bridgehead atoms. The van der Waals surface area contributed by atoms with Crippen LogP contribution in [0, 0.1) is 0 Å². The standard InChI is InChI=1S/C22H26N6O/c1-27-10-12-28(13-11-27)19-8-6-18(7-9-19)22(29)24-21-14-20(25-26-21)17-4-2-16(15-23)3-5-17/h2-9,14H,10-13,15,23H2,1H3,(H2,24,25,26,29). The second-order valence-electron chi connectivity index (χ2n) is 7.36. The van der Waals surface area contributed by atoms with Crippen molar-refractivity contribution in [3.05, 3.63) is 65.7 Å². The maximum absolute atomic E-state index is 12.6. The quantitative estimate of drug-likeness (QED) is 0.623. The van der Waals surface area contributed by atoms with Gasteiger partial charge in [0.05, 0.1) is 5.69 Å². The van der Waals surface area contributed by atoms with Crippen molar-refractivity contribution >= 4 is 17.4 Å². The number of carbonyl (C=O) groups excluding carboxylic acids is 1. The molecule has 7 heteroatoms. The zero-order valence-corrected chi connectivity index (χ0v) is 16.6. The lowest BCUT2D eigenvalue weighted by molar-refractivity contribution is 0.102. The van der Waals surface area contributed by atoms with Crippen LogP contribution in [-0.2, 0) is 6.54 Å². The Morgan fingerprint density at radius 2 is 1.76 bits per heavy atom. The highest BCUT2D eigenvalue weighted by Gasteiger charge is 2.15. The van der Waals surface area contributed by atoms with E-state index in [0.29, 0.717) is 17.9 Å². The van der Waals surface area contributed by atoms with Gasteiger partial charge in [0.1, 0.15) is 0 Å². The minimum absolute atomic E-state index is 0.175. The summed E-state index contributed by atoms with van der Waals surface area (Å²) in [5.41, 5.74) is 10.3. The van der Waals surface area contributed by atoms with Crippen molar-refractivity contribution in [2.45, 2.75) is 6.54 Å². The highest BCUT2D eigenvalue weighted by atomic mass is 16.1. The highest BCUT2D eigenvalue weighted by Crippen LogP contribution is 2.21. The second kappa shape index (κ2) is 8.46. The Morgan fingerprint density at radius 1 is 1.07 bits per heavy atom. The molecule has 0 aliphatic carbocycles. The molecule has 0 saturated carbocycles. The minimum Gasteiger partial charge on any atom is -0.369 e. The fourth-order valence-electron chi connectivity index (χ4n) is 3.43. The molecule has 4 rings (SSSR count). The molecule has 1 amide bonds. The highest BCUT2D eigenvalue weighted by molar-refractivity contribution is 6.04. The first-order valence-electron chi connectivity index (χ1n) is 9.82. The van der Waals surface area contributed by atoms with Crippen LogP contribution in [0.1, 0.15) is 15.9 Å². The van der Waals surface area contributed by atoms with Crippen LogP contribution in [0.4, 0.5) is 11.5 Å². The lowest BCUT2D eigenvalue weighted by atomic mass is 10.1. The van der Waals surface area contributed by atoms with Crippen LogP contribution in [-0.4, -0.2) is 54.2 Å². The molecule has 0 radical (unpaired) electrons. The summed E-state index contributed by atoms with van der Waals surface area (Å²) in [5.74, 6) is 0.322. The molecule has 1 saturated heterocycles. The van der Waals surface area contributed by atoms with Crippen molar-refractivity contribution in [3.63, 3.8) is 0 Å². The molecule has 2 heterocycles. The van der Waals surface area contributed by atoms with Crippen molar-refractivity contribution in [3.8, 4) is 11.3 Å². The fourth-order valence-corrected chi connectivity index (χ4v) is 3.43. The molecule has 0 unspecified atom stereocenters. The predicted molar refractivity (Wildman–Crippen MR) is 116 cm³/mol. The van der Waals surface area contributed by atoms with Gasteiger partial charge in [0.15, 0.2) is 5.82 Å². The Kier molecular flexibility index (Phi) is 5.59. The van der Waals surface area contributed by atoms with E-state index in [0.717, 1.165) is 48.7 Å². The van der Waals surface area contributed by atoms with Crippen molar-refractivity contribution in [1.29, 1.82) is 0 Å². The first-order chi connectivity index (χ1) is 14.1. The van der Waals surface area contributed by atoms with Gasteiger partial charge in [-0.1, -0.05) is 24.3 Å². The number of anilines is 2. The lowest BCUT2D eigenvalue weighted by Gasteiger charge is -2.34. The molecule has 0 atom stereocenters. The number of likely N-dealkylation sites (N-methyl/N-ethyl adjacent to an activating group) is 1. The number of carbonyl (C=O) groups is 1. The van der Waals surface area contributed by atoms with Gasteiger partial charge in [0.2, 0.25) is 0 Å². The molecular weight excluding hydrogens is 364 g/mol. The molecule has 7 nitrogen and oxygen atoms in total. The van der Waals surface area contributed by atoms with Crippen molar-refractivity contribution in [2.75, 3.05) is 43.4 Å². The maximum Gasteiger partial charge on any atom is 0.256 e. The van der Waals surface area contributed by atoms with Crippen LogP contribution in [0.15, 0.2) is 54.6 Å². The predicted octanol–water partition coefficient (Wildman–Crippen LogP) is 2.54. The molecule has 29 heavy (non-hydrogen) atoms. The van der Waals surface area contributed by atoms with E-state index in [1.54, 1.807) is 0 Å². The number of benzene rings is 2. The number of hydrogen-bond donors (Lipinski definition) is 3. The first kappa shape index (κ1) is 19.2. The summed E-state index contributed by atoms with van der Waals surface area (Å²) >= 11 is 0. The molecule has 2 aromatic carbocycles. The Hall–Kier alpha value is -3.16. The van der Waals surface area contributed by atoms with Gasteiger partial charge in [-0.3, -0.25) is 9.89 Å². The van der Waals surface area contributed by atoms with E-state index in [9.17, 15) is 4.79 Å². The summed E-state index contributed by atoms with van der Waals surface area (Å²) < 4.78 is 0. The van der Waals surface area contributed by atoms with E-state index in [1.165, 1.54) is 0 Å². The summed E-state index contributed by atoms with van der Waals surface area (Å²) in [7, 11) is 2.14. The third-order valence-electron chi connectivity index (χ3n) is 5.32. The SMILES string of the molecule is CN1CCN(c2ccc(C(=O)Nc3cc(-c4ccc(CN)cc4)[nH]n3)cc2)CC1. The average Bonchev–Trinajstić information content (AvgIpc) is 3.23. The van der Waals surface area contributed by atoms with E-state index in [4.69, 9.17) is 5.73 Å². The molecule has 0 spiro atoms. The van der Waals surface area contributed by atoms with E-state index in [-0.39, 0.29) is 5.91 Å². The zero-order valence-electron chi connectivity index (χ0n) is 16.6. The number of piperazine rings is 1. The smallest absolute Gasteiger partial charge is 0.256 e. The lowest BCUT2D eigenvalue weighted by Crippen LogP contribution is -2.44. The first-order valence-corrected chi connectivity index (χ1v) is 9.82. The largest absolute Gasteiger partial charge is 0.369 e. The molecular formula is C22H26N6O. The Bertz CT molecular complexity index is 956. The number of aromatic nitrogens is 2. The van der Waals surface area contributed by atoms with E-state index < -0.39 is 0 Å². The normalized spacial score (nSPS) is 14.8. The zero-order chi connectivity index (χ0) is 20.2. The summed E-state index contributed by atoms with van der Waals surface area (Å²) in [6.45, 7) is 4.63. The van der Waals surface area contributed by atoms with E-state index >= 15 is 0 Å². The molecule has 3 aromatic rings. The van der Waals surface area contributed by atoms with Crippen LogP contribution in [0.5, 0.6) is 0 Å². The number of nitrogens with one attached hydrogen (secondary N) is 2. The topological polar surface area (TPSA) is 90.3 Å². The van der Waals surface area contributed by atoms with Gasteiger partial charge in [-0.15, -0.1) is 0 Å². The van der Waals surface area contributed by atoms with Gasteiger partial charge in [0.25, 0.3) is 5.91 Å². The minimum atomic E-state index is -0.175. The summed E-state index contributed by atoms with van der Waals surface area (Å²) in [6.07, 6.45) is 0.